The molecule has 0 aliphatic rings. The van der Waals surface area contributed by atoms with Gasteiger partial charge in [0.2, 0.25) is 0 Å². The van der Waals surface area contributed by atoms with Gasteiger partial charge in [-0.25, -0.2) is 27.3 Å². The van der Waals surface area contributed by atoms with Crippen LogP contribution in [-0.4, -0.2) is 13.4 Å². The van der Waals surface area contributed by atoms with Crippen molar-refractivity contribution in [2.45, 2.75) is 11.5 Å². The number of nitriles is 1. The Hall–Kier alpha value is -1.11. The summed E-state index contributed by atoms with van der Waals surface area (Å²) in [6.45, 7) is 0. The molecule has 0 fully saturated rings. The number of primary sulfonamides is 1. The molecule has 1 rings (SSSR count). The molecule has 0 bridgehead atoms. The van der Waals surface area contributed by atoms with Gasteiger partial charge in [-0.05, 0) is 22.0 Å². The summed E-state index contributed by atoms with van der Waals surface area (Å²) in [4.78, 5) is 3.18. The Morgan fingerprint density at radius 3 is 2.50 bits per heavy atom. The van der Waals surface area contributed by atoms with E-state index in [1.165, 1.54) is 6.07 Å². The summed E-state index contributed by atoms with van der Waals surface area (Å²) in [6.07, 6.45) is -3.05. The van der Waals surface area contributed by atoms with Gasteiger partial charge in [0.25, 0.3) is 16.4 Å². The fourth-order valence-electron chi connectivity index (χ4n) is 0.941. The molecule has 86 valence electrons. The molecule has 1 heterocycles. The van der Waals surface area contributed by atoms with Gasteiger partial charge in [0.15, 0.2) is 5.03 Å². The molecule has 5 nitrogen and oxygen atoms in total. The number of sulfonamides is 1. The smallest absolute Gasteiger partial charge is 0.231 e. The molecule has 0 saturated heterocycles. The molecule has 1 aromatic heterocycles. The van der Waals surface area contributed by atoms with E-state index in [2.05, 4.69) is 20.9 Å². The van der Waals surface area contributed by atoms with Crippen molar-refractivity contribution in [1.82, 2.24) is 4.98 Å². The van der Waals surface area contributed by atoms with Gasteiger partial charge in [-0.15, -0.1) is 0 Å². The first kappa shape index (κ1) is 13.0. The Morgan fingerprint density at radius 1 is 1.56 bits per heavy atom. The first-order valence-corrected chi connectivity index (χ1v) is 6.02. The van der Waals surface area contributed by atoms with Gasteiger partial charge in [0, 0.05) is 0 Å². The zero-order valence-corrected chi connectivity index (χ0v) is 9.89. The van der Waals surface area contributed by atoms with E-state index < -0.39 is 32.7 Å². The number of nitrogens with two attached hydrogens (primary N) is 1. The lowest BCUT2D eigenvalue weighted by atomic mass is 10.2. The summed E-state index contributed by atoms with van der Waals surface area (Å²) >= 11 is 2.79. The third-order valence-electron chi connectivity index (χ3n) is 1.57. The predicted octanol–water partition coefficient (Wildman–Crippen LogP) is 1.30. The highest BCUT2D eigenvalue weighted by Crippen LogP contribution is 2.27. The van der Waals surface area contributed by atoms with Gasteiger partial charge in [-0.1, -0.05) is 0 Å². The van der Waals surface area contributed by atoms with Crippen LogP contribution in [0.2, 0.25) is 0 Å². The monoisotopic (exact) mass is 311 g/mol. The second kappa shape index (κ2) is 4.40. The molecule has 0 atom stereocenters. The van der Waals surface area contributed by atoms with E-state index in [9.17, 15) is 17.2 Å². The SMILES string of the molecule is N#Cc1cc(Br)c(S(N)(=O)=O)nc1C(F)F. The summed E-state index contributed by atoms with van der Waals surface area (Å²) in [5, 5.41) is 12.6. The van der Waals surface area contributed by atoms with Gasteiger partial charge in [0.05, 0.1) is 10.0 Å². The minimum atomic E-state index is -4.22. The average Bonchev–Trinajstić information content (AvgIpc) is 2.14. The second-order valence-corrected chi connectivity index (χ2v) is 5.00. The molecule has 9 heteroatoms. The first-order chi connectivity index (χ1) is 7.27. The van der Waals surface area contributed by atoms with Crippen LogP contribution in [0.5, 0.6) is 0 Å². The Balaban J connectivity index is 3.60. The number of halogens is 3. The topological polar surface area (TPSA) is 96.8 Å². The summed E-state index contributed by atoms with van der Waals surface area (Å²) in [6, 6.07) is 2.43. The summed E-state index contributed by atoms with van der Waals surface area (Å²) in [7, 11) is -4.22. The largest absolute Gasteiger partial charge is 0.281 e. The second-order valence-electron chi connectivity index (χ2n) is 2.67. The molecule has 1 aromatic rings. The molecule has 0 saturated carbocycles. The van der Waals surface area contributed by atoms with Crippen LogP contribution in [-0.2, 0) is 10.0 Å². The van der Waals surface area contributed by atoms with E-state index >= 15 is 0 Å². The van der Waals surface area contributed by atoms with Crippen LogP contribution in [0.3, 0.4) is 0 Å². The Labute approximate surface area is 98.1 Å². The first-order valence-electron chi connectivity index (χ1n) is 3.69. The van der Waals surface area contributed by atoms with Crippen LogP contribution < -0.4 is 5.14 Å². The lowest BCUT2D eigenvalue weighted by molar-refractivity contribution is 0.145. The molecule has 0 spiro atoms. The zero-order valence-electron chi connectivity index (χ0n) is 7.49. The highest BCUT2D eigenvalue weighted by atomic mass is 79.9. The summed E-state index contributed by atoms with van der Waals surface area (Å²) in [5.41, 5.74) is -1.32. The van der Waals surface area contributed by atoms with Crippen LogP contribution >= 0.6 is 15.9 Å². The molecule has 2 N–H and O–H groups in total. The molecule has 0 unspecified atom stereocenters. The highest BCUT2D eigenvalue weighted by Gasteiger charge is 2.22. The molecular formula is C7H4BrF2N3O2S. The van der Waals surface area contributed by atoms with Crippen molar-refractivity contribution in [3.63, 3.8) is 0 Å². The maximum Gasteiger partial charge on any atom is 0.281 e. The standard InChI is InChI=1S/C7H4BrF2N3O2S/c8-4-1-3(2-11)5(6(9)10)13-7(4)16(12,14)15/h1,6H,(H2,12,14,15). The van der Waals surface area contributed by atoms with Gasteiger partial charge in [0.1, 0.15) is 11.8 Å². The quantitative estimate of drug-likeness (QED) is 0.890. The molecular weight excluding hydrogens is 308 g/mol. The molecule has 0 aliphatic heterocycles. The molecule has 0 aromatic carbocycles. The van der Waals surface area contributed by atoms with Gasteiger partial charge >= 0.3 is 0 Å². The molecule has 0 amide bonds. The van der Waals surface area contributed by atoms with Crippen molar-refractivity contribution < 1.29 is 17.2 Å². The van der Waals surface area contributed by atoms with E-state index in [0.717, 1.165) is 6.07 Å². The molecule has 16 heavy (non-hydrogen) atoms. The maximum atomic E-state index is 12.4. The molecule has 0 radical (unpaired) electrons. The number of nitrogens with zero attached hydrogens (tertiary/aromatic N) is 2. The zero-order chi connectivity index (χ0) is 12.5. The Morgan fingerprint density at radius 2 is 2.12 bits per heavy atom. The third kappa shape index (κ3) is 2.52. The number of rotatable bonds is 2. The van der Waals surface area contributed by atoms with Crippen molar-refractivity contribution in [2.24, 2.45) is 5.14 Å². The van der Waals surface area contributed by atoms with Gasteiger partial charge in [-0.3, -0.25) is 0 Å². The van der Waals surface area contributed by atoms with Gasteiger partial charge in [-0.2, -0.15) is 5.26 Å². The number of alkyl halides is 2. The van der Waals surface area contributed by atoms with Crippen LogP contribution in [0.4, 0.5) is 8.78 Å². The van der Waals surface area contributed by atoms with Crippen LogP contribution in [0.25, 0.3) is 0 Å². The lowest BCUT2D eigenvalue weighted by Crippen LogP contribution is -2.16. The van der Waals surface area contributed by atoms with Crippen molar-refractivity contribution in [3.8, 4) is 6.07 Å². The summed E-state index contributed by atoms with van der Waals surface area (Å²) < 4.78 is 46.7. The van der Waals surface area contributed by atoms with Crippen molar-refractivity contribution >= 4 is 26.0 Å². The maximum absolute atomic E-state index is 12.4. The number of hydrogen-bond acceptors (Lipinski definition) is 4. The minimum Gasteiger partial charge on any atom is -0.231 e. The number of aromatic nitrogens is 1. The van der Waals surface area contributed by atoms with E-state index in [-0.39, 0.29) is 4.47 Å². The van der Waals surface area contributed by atoms with Gasteiger partial charge < -0.3 is 0 Å². The van der Waals surface area contributed by atoms with Crippen molar-refractivity contribution in [3.05, 3.63) is 21.8 Å². The number of hydrogen-bond donors (Lipinski definition) is 1. The van der Waals surface area contributed by atoms with Crippen molar-refractivity contribution in [1.29, 1.82) is 5.26 Å². The van der Waals surface area contributed by atoms with E-state index in [0.29, 0.717) is 0 Å². The lowest BCUT2D eigenvalue weighted by Gasteiger charge is -2.06. The van der Waals surface area contributed by atoms with E-state index in [1.807, 2.05) is 0 Å². The highest BCUT2D eigenvalue weighted by molar-refractivity contribution is 9.10. The molecule has 0 aliphatic carbocycles. The van der Waals surface area contributed by atoms with Crippen LogP contribution in [0.1, 0.15) is 17.7 Å². The van der Waals surface area contributed by atoms with E-state index in [4.69, 9.17) is 10.4 Å². The predicted molar refractivity (Wildman–Crippen MR) is 53.0 cm³/mol. The summed E-state index contributed by atoms with van der Waals surface area (Å²) in [5.74, 6) is 0. The Bertz CT molecular complexity index is 568. The number of pyridine rings is 1. The third-order valence-corrected chi connectivity index (χ3v) is 3.29. The van der Waals surface area contributed by atoms with E-state index in [1.54, 1.807) is 0 Å². The Kier molecular flexibility index (Phi) is 3.57. The van der Waals surface area contributed by atoms with Crippen LogP contribution in [0.15, 0.2) is 15.6 Å². The van der Waals surface area contributed by atoms with Crippen molar-refractivity contribution in [2.75, 3.05) is 0 Å². The fourth-order valence-corrected chi connectivity index (χ4v) is 2.49. The fraction of sp³-hybridized carbons (Fsp3) is 0.143. The average molecular weight is 312 g/mol. The van der Waals surface area contributed by atoms with Crippen LogP contribution in [0, 0.1) is 11.3 Å². The minimum absolute atomic E-state index is 0.129. The normalized spacial score (nSPS) is 11.5.